The van der Waals surface area contributed by atoms with Gasteiger partial charge in [0, 0.05) is 38.9 Å². The highest BCUT2D eigenvalue weighted by Crippen LogP contribution is 2.11. The molecular weight excluding hydrogens is 256 g/mol. The SMILES string of the molecule is CC(C(=O)O)N1CCN(Cc2ccnc(C#N)c2)CC1. The number of pyridine rings is 1. The van der Waals surface area contributed by atoms with Gasteiger partial charge in [-0.1, -0.05) is 0 Å². The predicted octanol–water partition coefficient (Wildman–Crippen LogP) is 0.544. The fourth-order valence-electron chi connectivity index (χ4n) is 2.36. The quantitative estimate of drug-likeness (QED) is 0.863. The number of carboxylic acids is 1. The van der Waals surface area contributed by atoms with Crippen LogP contribution in [0.1, 0.15) is 18.2 Å². The van der Waals surface area contributed by atoms with E-state index < -0.39 is 12.0 Å². The first-order valence-electron chi connectivity index (χ1n) is 6.64. The van der Waals surface area contributed by atoms with E-state index in [0.717, 1.165) is 38.3 Å². The zero-order valence-corrected chi connectivity index (χ0v) is 11.5. The van der Waals surface area contributed by atoms with Crippen LogP contribution >= 0.6 is 0 Å². The molecule has 0 aliphatic carbocycles. The summed E-state index contributed by atoms with van der Waals surface area (Å²) in [6.45, 7) is 5.67. The number of hydrogen-bond donors (Lipinski definition) is 1. The number of nitrogens with zero attached hydrogens (tertiary/aromatic N) is 4. The van der Waals surface area contributed by atoms with Crippen molar-refractivity contribution in [2.24, 2.45) is 0 Å². The van der Waals surface area contributed by atoms with Crippen molar-refractivity contribution in [3.8, 4) is 6.07 Å². The van der Waals surface area contributed by atoms with Crippen LogP contribution in [0.4, 0.5) is 0 Å². The molecule has 0 spiro atoms. The standard InChI is InChI=1S/C14H18N4O2/c1-11(14(19)20)18-6-4-17(5-7-18)10-12-2-3-16-13(8-12)9-15/h2-3,8,11H,4-7,10H2,1H3,(H,19,20). The molecule has 2 rings (SSSR count). The Morgan fingerprint density at radius 3 is 2.80 bits per heavy atom. The molecule has 0 aromatic carbocycles. The van der Waals surface area contributed by atoms with Crippen LogP contribution in [0.2, 0.25) is 0 Å². The molecular formula is C14H18N4O2. The zero-order chi connectivity index (χ0) is 14.5. The molecule has 6 heteroatoms. The van der Waals surface area contributed by atoms with E-state index in [9.17, 15) is 4.79 Å². The fraction of sp³-hybridized carbons (Fsp3) is 0.500. The number of aliphatic carboxylic acids is 1. The number of nitriles is 1. The first-order chi connectivity index (χ1) is 9.60. The summed E-state index contributed by atoms with van der Waals surface area (Å²) in [5, 5.41) is 17.8. The Balaban J connectivity index is 1.88. The molecule has 1 aromatic heterocycles. The molecule has 20 heavy (non-hydrogen) atoms. The maximum Gasteiger partial charge on any atom is 0.320 e. The third kappa shape index (κ3) is 3.53. The van der Waals surface area contributed by atoms with Crippen molar-refractivity contribution in [1.29, 1.82) is 5.26 Å². The molecule has 1 aromatic rings. The van der Waals surface area contributed by atoms with E-state index in [2.05, 4.69) is 9.88 Å². The third-order valence-corrected chi connectivity index (χ3v) is 3.66. The topological polar surface area (TPSA) is 80.5 Å². The summed E-state index contributed by atoms with van der Waals surface area (Å²) >= 11 is 0. The van der Waals surface area contributed by atoms with Gasteiger partial charge in [0.2, 0.25) is 0 Å². The van der Waals surface area contributed by atoms with Crippen molar-refractivity contribution < 1.29 is 9.90 Å². The minimum Gasteiger partial charge on any atom is -0.480 e. The van der Waals surface area contributed by atoms with E-state index >= 15 is 0 Å². The summed E-state index contributed by atoms with van der Waals surface area (Å²) in [5.41, 5.74) is 1.50. The van der Waals surface area contributed by atoms with Crippen LogP contribution in [0.25, 0.3) is 0 Å². The maximum absolute atomic E-state index is 10.9. The summed E-state index contributed by atoms with van der Waals surface area (Å²) in [5.74, 6) is -0.772. The second-order valence-electron chi connectivity index (χ2n) is 4.99. The highest BCUT2D eigenvalue weighted by molar-refractivity contribution is 5.72. The van der Waals surface area contributed by atoms with E-state index in [0.29, 0.717) is 5.69 Å². The predicted molar refractivity (Wildman–Crippen MR) is 72.9 cm³/mol. The highest BCUT2D eigenvalue weighted by Gasteiger charge is 2.24. The molecule has 2 heterocycles. The Hall–Kier alpha value is -1.97. The van der Waals surface area contributed by atoms with E-state index in [-0.39, 0.29) is 0 Å². The summed E-state index contributed by atoms with van der Waals surface area (Å²) in [6, 6.07) is 5.32. The van der Waals surface area contributed by atoms with Crippen molar-refractivity contribution in [1.82, 2.24) is 14.8 Å². The summed E-state index contributed by atoms with van der Waals surface area (Å²) in [6.07, 6.45) is 1.65. The largest absolute Gasteiger partial charge is 0.480 e. The fourth-order valence-corrected chi connectivity index (χ4v) is 2.36. The van der Waals surface area contributed by atoms with Gasteiger partial charge in [0.1, 0.15) is 17.8 Å². The average Bonchev–Trinajstić information content (AvgIpc) is 2.47. The second kappa shape index (κ2) is 6.46. The van der Waals surface area contributed by atoms with Crippen LogP contribution in [0.5, 0.6) is 0 Å². The Kier molecular flexibility index (Phi) is 4.66. The molecule has 1 unspecified atom stereocenters. The number of rotatable bonds is 4. The van der Waals surface area contributed by atoms with Gasteiger partial charge >= 0.3 is 5.97 Å². The molecule has 6 nitrogen and oxygen atoms in total. The molecule has 0 saturated carbocycles. The maximum atomic E-state index is 10.9. The van der Waals surface area contributed by atoms with Crippen LogP contribution in [0, 0.1) is 11.3 Å². The lowest BCUT2D eigenvalue weighted by Crippen LogP contribution is -2.51. The Bertz CT molecular complexity index is 518. The van der Waals surface area contributed by atoms with Gasteiger partial charge in [-0.2, -0.15) is 5.26 Å². The highest BCUT2D eigenvalue weighted by atomic mass is 16.4. The van der Waals surface area contributed by atoms with Crippen LogP contribution < -0.4 is 0 Å². The van der Waals surface area contributed by atoms with Crippen molar-refractivity contribution in [3.05, 3.63) is 29.6 Å². The van der Waals surface area contributed by atoms with Gasteiger partial charge < -0.3 is 5.11 Å². The number of piperazine rings is 1. The van der Waals surface area contributed by atoms with Gasteiger partial charge in [0.15, 0.2) is 0 Å². The molecule has 0 radical (unpaired) electrons. The van der Waals surface area contributed by atoms with E-state index in [1.54, 1.807) is 19.2 Å². The molecule has 0 bridgehead atoms. The van der Waals surface area contributed by atoms with Gasteiger partial charge in [-0.3, -0.25) is 14.6 Å². The Morgan fingerprint density at radius 2 is 2.20 bits per heavy atom. The van der Waals surface area contributed by atoms with Crippen molar-refractivity contribution in [2.75, 3.05) is 26.2 Å². The lowest BCUT2D eigenvalue weighted by atomic mass is 10.2. The number of carboxylic acid groups (broad SMARTS) is 1. The first-order valence-corrected chi connectivity index (χ1v) is 6.64. The molecule has 1 atom stereocenters. The van der Waals surface area contributed by atoms with Crippen molar-refractivity contribution in [2.45, 2.75) is 19.5 Å². The van der Waals surface area contributed by atoms with E-state index in [1.807, 2.05) is 17.0 Å². The van der Waals surface area contributed by atoms with Gasteiger partial charge in [-0.15, -0.1) is 0 Å². The second-order valence-corrected chi connectivity index (χ2v) is 4.99. The monoisotopic (exact) mass is 274 g/mol. The Morgan fingerprint density at radius 1 is 1.50 bits per heavy atom. The zero-order valence-electron chi connectivity index (χ0n) is 11.5. The number of carbonyl (C=O) groups is 1. The van der Waals surface area contributed by atoms with Gasteiger partial charge in [-0.25, -0.2) is 4.98 Å². The van der Waals surface area contributed by atoms with E-state index in [4.69, 9.17) is 10.4 Å². The lowest BCUT2D eigenvalue weighted by Gasteiger charge is -2.36. The van der Waals surface area contributed by atoms with Gasteiger partial charge in [0.05, 0.1) is 0 Å². The minimum absolute atomic E-state index is 0.428. The smallest absolute Gasteiger partial charge is 0.320 e. The molecule has 106 valence electrons. The first kappa shape index (κ1) is 14.4. The van der Waals surface area contributed by atoms with E-state index in [1.165, 1.54) is 0 Å². The molecule has 1 saturated heterocycles. The normalized spacial score (nSPS) is 18.4. The third-order valence-electron chi connectivity index (χ3n) is 3.66. The van der Waals surface area contributed by atoms with Gasteiger partial charge in [-0.05, 0) is 24.6 Å². The molecule has 1 fully saturated rings. The number of aromatic nitrogens is 1. The van der Waals surface area contributed by atoms with Gasteiger partial charge in [0.25, 0.3) is 0 Å². The Labute approximate surface area is 118 Å². The van der Waals surface area contributed by atoms with Crippen LogP contribution in [-0.4, -0.2) is 58.1 Å². The lowest BCUT2D eigenvalue weighted by molar-refractivity contribution is -0.143. The van der Waals surface area contributed by atoms with Crippen LogP contribution in [0.3, 0.4) is 0 Å². The summed E-state index contributed by atoms with van der Waals surface area (Å²) in [7, 11) is 0. The van der Waals surface area contributed by atoms with Crippen LogP contribution in [0.15, 0.2) is 18.3 Å². The average molecular weight is 274 g/mol. The molecule has 1 aliphatic rings. The number of hydrogen-bond acceptors (Lipinski definition) is 5. The molecule has 1 aliphatic heterocycles. The van der Waals surface area contributed by atoms with Crippen molar-refractivity contribution in [3.63, 3.8) is 0 Å². The molecule has 1 N–H and O–H groups in total. The molecule has 0 amide bonds. The summed E-state index contributed by atoms with van der Waals surface area (Å²) in [4.78, 5) is 19.1. The minimum atomic E-state index is -0.772. The summed E-state index contributed by atoms with van der Waals surface area (Å²) < 4.78 is 0. The van der Waals surface area contributed by atoms with Crippen LogP contribution in [-0.2, 0) is 11.3 Å². The van der Waals surface area contributed by atoms with Crippen molar-refractivity contribution >= 4 is 5.97 Å².